The highest BCUT2D eigenvalue weighted by molar-refractivity contribution is 5.79. The van der Waals surface area contributed by atoms with Crippen molar-refractivity contribution in [2.24, 2.45) is 5.92 Å². The highest BCUT2D eigenvalue weighted by Crippen LogP contribution is 2.47. The van der Waals surface area contributed by atoms with Crippen molar-refractivity contribution >= 4 is 11.9 Å². The lowest BCUT2D eigenvalue weighted by Gasteiger charge is -2.45. The molecule has 1 aliphatic carbocycles. The highest BCUT2D eigenvalue weighted by Gasteiger charge is 2.44. The van der Waals surface area contributed by atoms with Gasteiger partial charge in [-0.1, -0.05) is 24.0 Å². The molecule has 2 atom stereocenters. The molecule has 30 heavy (non-hydrogen) atoms. The summed E-state index contributed by atoms with van der Waals surface area (Å²) in [5, 5.41) is 12.2. The minimum atomic E-state index is -0.262. The largest absolute Gasteiger partial charge is 0.366 e. The predicted molar refractivity (Wildman–Crippen MR) is 108 cm³/mol. The average Bonchev–Trinajstić information content (AvgIpc) is 3.53. The summed E-state index contributed by atoms with van der Waals surface area (Å²) in [5.74, 6) is 6.52. The number of likely N-dealkylation sites (tertiary alicyclic amines) is 2. The molecule has 0 bridgehead atoms. The first-order chi connectivity index (χ1) is 14.6. The molecule has 1 saturated carbocycles. The van der Waals surface area contributed by atoms with Gasteiger partial charge in [0.15, 0.2) is 0 Å². The van der Waals surface area contributed by atoms with Crippen LogP contribution in [-0.4, -0.2) is 66.7 Å². The van der Waals surface area contributed by atoms with Gasteiger partial charge in [-0.25, -0.2) is 4.79 Å². The van der Waals surface area contributed by atoms with Crippen LogP contribution >= 0.6 is 0 Å². The van der Waals surface area contributed by atoms with Crippen LogP contribution in [0.15, 0.2) is 24.3 Å². The molecule has 1 N–H and O–H groups in total. The van der Waals surface area contributed by atoms with Crippen molar-refractivity contribution in [3.05, 3.63) is 35.4 Å². The Balaban J connectivity index is 1.12. The Morgan fingerprint density at radius 2 is 1.93 bits per heavy atom. The van der Waals surface area contributed by atoms with E-state index in [1.807, 2.05) is 29.2 Å². The van der Waals surface area contributed by atoms with Gasteiger partial charge < -0.3 is 19.9 Å². The van der Waals surface area contributed by atoms with Gasteiger partial charge in [-0.3, -0.25) is 4.79 Å². The second-order valence-electron chi connectivity index (χ2n) is 8.68. The van der Waals surface area contributed by atoms with E-state index < -0.39 is 0 Å². The Labute approximate surface area is 176 Å². The maximum absolute atomic E-state index is 12.7. The predicted octanol–water partition coefficient (Wildman–Crippen LogP) is 1.23. The van der Waals surface area contributed by atoms with Gasteiger partial charge >= 0.3 is 6.03 Å². The van der Waals surface area contributed by atoms with Crippen molar-refractivity contribution in [1.29, 1.82) is 5.26 Å². The summed E-state index contributed by atoms with van der Waals surface area (Å²) in [4.78, 5) is 27.9. The molecule has 3 heterocycles. The number of nitriles is 1. The van der Waals surface area contributed by atoms with Gasteiger partial charge in [-0.15, -0.1) is 0 Å². The number of fused-ring (bicyclic) bond motifs is 1. The summed E-state index contributed by atoms with van der Waals surface area (Å²) in [6.07, 6.45) is 2.64. The van der Waals surface area contributed by atoms with Crippen LogP contribution in [0.2, 0.25) is 0 Å². The molecular formula is C23H24N4O3. The molecule has 1 aromatic carbocycles. The number of hydrogen-bond donors (Lipinski definition) is 1. The van der Waals surface area contributed by atoms with E-state index in [9.17, 15) is 14.9 Å². The summed E-state index contributed by atoms with van der Waals surface area (Å²) in [6, 6.07) is 10.3. The molecular weight excluding hydrogens is 380 g/mol. The molecule has 3 aliphatic heterocycles. The molecule has 0 radical (unpaired) electrons. The number of urea groups is 1. The molecule has 0 aromatic heterocycles. The smallest absolute Gasteiger partial charge is 0.320 e. The third-order valence-corrected chi connectivity index (χ3v) is 6.57. The maximum Gasteiger partial charge on any atom is 0.320 e. The minimum Gasteiger partial charge on any atom is -0.366 e. The number of morpholine rings is 1. The average molecular weight is 404 g/mol. The zero-order chi connectivity index (χ0) is 20.7. The van der Waals surface area contributed by atoms with Crippen molar-refractivity contribution < 1.29 is 14.3 Å². The highest BCUT2D eigenvalue weighted by atomic mass is 16.5. The van der Waals surface area contributed by atoms with Gasteiger partial charge in [0.25, 0.3) is 0 Å². The Bertz CT molecular complexity index is 961. The van der Waals surface area contributed by atoms with Crippen LogP contribution in [0.4, 0.5) is 4.79 Å². The number of benzene rings is 1. The third-order valence-electron chi connectivity index (χ3n) is 6.57. The van der Waals surface area contributed by atoms with E-state index in [2.05, 4.69) is 23.2 Å². The number of hydrogen-bond acceptors (Lipinski definition) is 4. The summed E-state index contributed by atoms with van der Waals surface area (Å²) >= 11 is 0. The van der Waals surface area contributed by atoms with Crippen LogP contribution < -0.4 is 5.32 Å². The van der Waals surface area contributed by atoms with Gasteiger partial charge in [-0.05, 0) is 37.0 Å². The van der Waals surface area contributed by atoms with Crippen LogP contribution in [-0.2, 0) is 14.9 Å². The van der Waals surface area contributed by atoms with Crippen LogP contribution in [0.3, 0.4) is 0 Å². The second kappa shape index (κ2) is 7.34. The van der Waals surface area contributed by atoms with E-state index in [4.69, 9.17) is 4.74 Å². The monoisotopic (exact) mass is 404 g/mol. The minimum absolute atomic E-state index is 0.0103. The topological polar surface area (TPSA) is 85.7 Å². The van der Waals surface area contributed by atoms with Crippen LogP contribution in [0.5, 0.6) is 0 Å². The molecule has 7 heteroatoms. The van der Waals surface area contributed by atoms with E-state index in [0.717, 1.165) is 30.4 Å². The lowest BCUT2D eigenvalue weighted by molar-refractivity contribution is -0.139. The summed E-state index contributed by atoms with van der Waals surface area (Å²) in [7, 11) is 0. The molecule has 0 unspecified atom stereocenters. The summed E-state index contributed by atoms with van der Waals surface area (Å²) in [6.45, 7) is 2.53. The Hall–Kier alpha value is -3.03. The standard InChI is InChI=1S/C23H24N4O3/c24-15-23(8-9-23)18-5-3-16(4-6-18)1-2-17-11-27(12-17)22(29)26-10-7-20-19(13-26)25-21(28)14-30-20/h3-6,17,19-20H,7-14H2,(H,25,28)/t19-,20+/m1/s1. The fourth-order valence-electron chi connectivity index (χ4n) is 4.45. The maximum atomic E-state index is 12.7. The van der Waals surface area contributed by atoms with E-state index in [0.29, 0.717) is 26.2 Å². The van der Waals surface area contributed by atoms with Crippen LogP contribution in [0, 0.1) is 29.1 Å². The fourth-order valence-corrected chi connectivity index (χ4v) is 4.45. The number of nitrogens with zero attached hydrogens (tertiary/aromatic N) is 3. The third kappa shape index (κ3) is 3.51. The van der Waals surface area contributed by atoms with E-state index in [1.54, 1.807) is 4.90 Å². The van der Waals surface area contributed by atoms with E-state index in [-0.39, 0.29) is 42.0 Å². The molecule has 4 fully saturated rings. The van der Waals surface area contributed by atoms with Crippen molar-refractivity contribution in [2.45, 2.75) is 36.8 Å². The first-order valence-corrected chi connectivity index (χ1v) is 10.5. The molecule has 1 aromatic rings. The Kier molecular flexibility index (Phi) is 4.64. The first kappa shape index (κ1) is 19.0. The number of amides is 3. The first-order valence-electron chi connectivity index (χ1n) is 10.5. The molecule has 3 amide bonds. The Morgan fingerprint density at radius 3 is 2.63 bits per heavy atom. The Morgan fingerprint density at radius 1 is 1.17 bits per heavy atom. The van der Waals surface area contributed by atoms with E-state index in [1.165, 1.54) is 0 Å². The lowest BCUT2D eigenvalue weighted by atomic mass is 9.96. The van der Waals surface area contributed by atoms with Crippen LogP contribution in [0.1, 0.15) is 30.4 Å². The van der Waals surface area contributed by atoms with Crippen molar-refractivity contribution in [3.63, 3.8) is 0 Å². The summed E-state index contributed by atoms with van der Waals surface area (Å²) < 4.78 is 5.55. The molecule has 154 valence electrons. The van der Waals surface area contributed by atoms with Crippen molar-refractivity contribution in [3.8, 4) is 17.9 Å². The molecule has 7 nitrogen and oxygen atoms in total. The van der Waals surface area contributed by atoms with Crippen molar-refractivity contribution in [2.75, 3.05) is 32.8 Å². The van der Waals surface area contributed by atoms with Gasteiger partial charge in [0.2, 0.25) is 5.91 Å². The van der Waals surface area contributed by atoms with Gasteiger partial charge in [0.05, 0.1) is 29.5 Å². The van der Waals surface area contributed by atoms with Crippen molar-refractivity contribution in [1.82, 2.24) is 15.1 Å². The lowest BCUT2D eigenvalue weighted by Crippen LogP contribution is -2.64. The zero-order valence-corrected chi connectivity index (χ0v) is 16.8. The second-order valence-corrected chi connectivity index (χ2v) is 8.68. The van der Waals surface area contributed by atoms with Gasteiger partial charge in [-0.2, -0.15) is 5.26 Å². The van der Waals surface area contributed by atoms with E-state index >= 15 is 0 Å². The molecule has 5 rings (SSSR count). The fraction of sp³-hybridized carbons (Fsp3) is 0.522. The number of nitrogens with one attached hydrogen (secondary N) is 1. The van der Waals surface area contributed by atoms with Gasteiger partial charge in [0, 0.05) is 31.7 Å². The molecule has 4 aliphatic rings. The summed E-state index contributed by atoms with van der Waals surface area (Å²) in [5.41, 5.74) is 1.76. The quantitative estimate of drug-likeness (QED) is 0.714. The molecule has 0 spiro atoms. The number of carbonyl (C=O) groups excluding carboxylic acids is 2. The molecule has 3 saturated heterocycles. The normalized spacial score (nSPS) is 27.0. The number of carbonyl (C=O) groups is 2. The number of rotatable bonds is 1. The van der Waals surface area contributed by atoms with Crippen LogP contribution in [0.25, 0.3) is 0 Å². The van der Waals surface area contributed by atoms with Gasteiger partial charge in [0.1, 0.15) is 6.61 Å². The SMILES string of the molecule is N#CC1(c2ccc(C#CC3CN(C(=O)N4CC[C@@H]5OCC(=O)N[C@@H]5C4)C3)cc2)CC1. The number of ether oxygens (including phenoxy) is 1. The zero-order valence-electron chi connectivity index (χ0n) is 16.8. The number of piperidine rings is 1.